The van der Waals surface area contributed by atoms with Crippen LogP contribution in [0.5, 0.6) is 0 Å². The molecule has 3 nitrogen and oxygen atoms in total. The third-order valence-electron chi connectivity index (χ3n) is 1.80. The Kier molecular flexibility index (Phi) is 2.82. The molecule has 0 radical (unpaired) electrons. The van der Waals surface area contributed by atoms with Crippen molar-refractivity contribution in [3.8, 4) is 0 Å². The normalized spacial score (nSPS) is 34.6. The highest BCUT2D eigenvalue weighted by atomic mass is 79.9. The van der Waals surface area contributed by atoms with Crippen molar-refractivity contribution < 1.29 is 14.6 Å². The number of halogens is 1. The topological polar surface area (TPSA) is 46.5 Å². The first-order chi connectivity index (χ1) is 5.64. The molecule has 0 saturated heterocycles. The Balaban J connectivity index is 2.98. The zero-order valence-electron chi connectivity index (χ0n) is 6.53. The summed E-state index contributed by atoms with van der Waals surface area (Å²) in [6.45, 7) is 0. The second-order valence-electron chi connectivity index (χ2n) is 2.48. The van der Waals surface area contributed by atoms with Gasteiger partial charge < -0.3 is 14.6 Å². The predicted molar refractivity (Wildman–Crippen MR) is 47.7 cm³/mol. The summed E-state index contributed by atoms with van der Waals surface area (Å²) in [5, 5.41) is 9.70. The summed E-state index contributed by atoms with van der Waals surface area (Å²) in [5.41, 5.74) is 0. The Morgan fingerprint density at radius 1 is 1.83 bits per heavy atom. The van der Waals surface area contributed by atoms with Crippen LogP contribution in [-0.4, -0.2) is 24.3 Å². The smallest absolute Gasteiger partial charge is 0.199 e. The Morgan fingerprint density at radius 3 is 2.92 bits per heavy atom. The lowest BCUT2D eigenvalue weighted by Crippen LogP contribution is -2.40. The van der Waals surface area contributed by atoms with Crippen LogP contribution in [0.3, 0.4) is 0 Å². The zero-order chi connectivity index (χ0) is 9.19. The van der Waals surface area contributed by atoms with Gasteiger partial charge in [-0.05, 0) is 6.08 Å². The van der Waals surface area contributed by atoms with E-state index in [0.29, 0.717) is 10.8 Å². The molecule has 0 spiro atoms. The molecule has 1 aliphatic rings. The molecule has 2 atom stereocenters. The molecule has 0 unspecified atom stereocenters. The molecule has 0 fully saturated rings. The number of aliphatic hydroxyl groups is 1. The van der Waals surface area contributed by atoms with Gasteiger partial charge in [0.25, 0.3) is 0 Å². The van der Waals surface area contributed by atoms with Crippen LogP contribution in [0.4, 0.5) is 0 Å². The number of hydrogen-bond acceptors (Lipinski definition) is 3. The molecule has 4 heteroatoms. The largest absolute Gasteiger partial charge is 0.361 e. The fraction of sp³-hybridized carbons (Fsp3) is 0.375. The first-order valence-electron chi connectivity index (χ1n) is 3.42. The first kappa shape index (κ1) is 9.64. The third kappa shape index (κ3) is 1.50. The quantitative estimate of drug-likeness (QED) is 0.571. The van der Waals surface area contributed by atoms with Crippen molar-refractivity contribution in [2.24, 2.45) is 5.92 Å². The molecule has 0 aliphatic heterocycles. The van der Waals surface area contributed by atoms with Crippen LogP contribution in [0.15, 0.2) is 22.7 Å². The highest BCUT2D eigenvalue weighted by molar-refractivity contribution is 9.11. The summed E-state index contributed by atoms with van der Waals surface area (Å²) in [7, 11) is 1.35. The highest BCUT2D eigenvalue weighted by Crippen LogP contribution is 2.32. The minimum Gasteiger partial charge on any atom is -0.361 e. The molecule has 0 aromatic carbocycles. The fourth-order valence-electron chi connectivity index (χ4n) is 1.04. The molecule has 0 aromatic rings. The van der Waals surface area contributed by atoms with Gasteiger partial charge in [0.15, 0.2) is 5.79 Å². The maximum atomic E-state index is 10.6. The standard InChI is InChI=1S/C8H9BrO3/c1-12-8(11)4-2-3-7(9)6(8)5-10/h2-6,11H,1H3/t6-,8+/m0/s1. The van der Waals surface area contributed by atoms with Crippen molar-refractivity contribution in [3.63, 3.8) is 0 Å². The molecule has 0 aromatic heterocycles. The molecule has 0 heterocycles. The lowest BCUT2D eigenvalue weighted by atomic mass is 9.95. The van der Waals surface area contributed by atoms with Gasteiger partial charge in [-0.15, -0.1) is 0 Å². The van der Waals surface area contributed by atoms with Crippen LogP contribution in [0, 0.1) is 5.92 Å². The van der Waals surface area contributed by atoms with E-state index in [9.17, 15) is 9.90 Å². The molecule has 0 saturated carbocycles. The van der Waals surface area contributed by atoms with Crippen molar-refractivity contribution in [2.45, 2.75) is 5.79 Å². The minimum absolute atomic E-state index is 0.615. The van der Waals surface area contributed by atoms with Crippen molar-refractivity contribution >= 4 is 22.2 Å². The molecule has 0 bridgehead atoms. The highest BCUT2D eigenvalue weighted by Gasteiger charge is 2.37. The summed E-state index contributed by atoms with van der Waals surface area (Å²) in [4.78, 5) is 10.6. The molecule has 0 amide bonds. The summed E-state index contributed by atoms with van der Waals surface area (Å²) < 4.78 is 5.43. The second-order valence-corrected chi connectivity index (χ2v) is 3.40. The van der Waals surface area contributed by atoms with Crippen molar-refractivity contribution in [3.05, 3.63) is 22.7 Å². The molecule has 1 rings (SSSR count). The number of hydrogen-bond donors (Lipinski definition) is 1. The fourth-order valence-corrected chi connectivity index (χ4v) is 1.63. The van der Waals surface area contributed by atoms with E-state index in [1.165, 1.54) is 13.2 Å². The van der Waals surface area contributed by atoms with Gasteiger partial charge in [-0.3, -0.25) is 0 Å². The molecular formula is C8H9BrO3. The zero-order valence-corrected chi connectivity index (χ0v) is 8.11. The van der Waals surface area contributed by atoms with Crippen LogP contribution in [0.1, 0.15) is 0 Å². The number of allylic oxidation sites excluding steroid dienone is 2. The summed E-state index contributed by atoms with van der Waals surface area (Å²) in [6, 6.07) is 0. The molecule has 1 N–H and O–H groups in total. The first-order valence-corrected chi connectivity index (χ1v) is 4.21. The minimum atomic E-state index is -1.50. The maximum absolute atomic E-state index is 10.6. The van der Waals surface area contributed by atoms with Crippen molar-refractivity contribution in [1.29, 1.82) is 0 Å². The van der Waals surface area contributed by atoms with Crippen LogP contribution < -0.4 is 0 Å². The average molecular weight is 233 g/mol. The van der Waals surface area contributed by atoms with Gasteiger partial charge in [0.2, 0.25) is 0 Å². The number of methoxy groups -OCH3 is 1. The van der Waals surface area contributed by atoms with E-state index in [1.807, 2.05) is 0 Å². The van der Waals surface area contributed by atoms with Crippen LogP contribution in [0.25, 0.3) is 0 Å². The van der Waals surface area contributed by atoms with Crippen LogP contribution in [-0.2, 0) is 9.53 Å². The van der Waals surface area contributed by atoms with Crippen molar-refractivity contribution in [2.75, 3.05) is 7.11 Å². The molecule has 1 aliphatic carbocycles. The van der Waals surface area contributed by atoms with E-state index >= 15 is 0 Å². The van der Waals surface area contributed by atoms with E-state index in [1.54, 1.807) is 12.2 Å². The second kappa shape index (κ2) is 3.51. The van der Waals surface area contributed by atoms with Gasteiger partial charge in [0.05, 0.1) is 0 Å². The van der Waals surface area contributed by atoms with Gasteiger partial charge in [-0.2, -0.15) is 0 Å². The van der Waals surface area contributed by atoms with E-state index in [-0.39, 0.29) is 0 Å². The van der Waals surface area contributed by atoms with E-state index in [0.717, 1.165) is 0 Å². The average Bonchev–Trinajstić information content (AvgIpc) is 2.05. The molecule has 66 valence electrons. The lowest BCUT2D eigenvalue weighted by molar-refractivity contribution is -0.173. The number of carbonyl (C=O) groups excluding carboxylic acids is 1. The SMILES string of the molecule is CO[C@]1(O)C=CC=C(Br)[C@@H]1C=O. The van der Waals surface area contributed by atoms with Crippen molar-refractivity contribution in [1.82, 2.24) is 0 Å². The van der Waals surface area contributed by atoms with Gasteiger partial charge >= 0.3 is 0 Å². The van der Waals surface area contributed by atoms with Gasteiger partial charge in [0, 0.05) is 11.6 Å². The van der Waals surface area contributed by atoms with Crippen LogP contribution >= 0.6 is 15.9 Å². The summed E-state index contributed by atoms with van der Waals surface area (Å²) in [6.07, 6.45) is 5.42. The summed E-state index contributed by atoms with van der Waals surface area (Å²) in [5.74, 6) is -2.18. The van der Waals surface area contributed by atoms with E-state index < -0.39 is 11.7 Å². The number of aldehydes is 1. The number of ether oxygens (including phenoxy) is 1. The Morgan fingerprint density at radius 2 is 2.50 bits per heavy atom. The van der Waals surface area contributed by atoms with Gasteiger partial charge in [-0.25, -0.2) is 0 Å². The number of carbonyl (C=O) groups is 1. The predicted octanol–water partition coefficient (Wildman–Crippen LogP) is 0.985. The molecule has 12 heavy (non-hydrogen) atoms. The number of rotatable bonds is 2. The van der Waals surface area contributed by atoms with E-state index in [4.69, 9.17) is 4.74 Å². The third-order valence-corrected chi connectivity index (χ3v) is 2.55. The maximum Gasteiger partial charge on any atom is 0.199 e. The van der Waals surface area contributed by atoms with E-state index in [2.05, 4.69) is 15.9 Å². The monoisotopic (exact) mass is 232 g/mol. The Bertz CT molecular complexity index is 247. The van der Waals surface area contributed by atoms with Gasteiger partial charge in [-0.1, -0.05) is 28.1 Å². The molecular weight excluding hydrogens is 224 g/mol. The van der Waals surface area contributed by atoms with Crippen LogP contribution in [0.2, 0.25) is 0 Å². The summed E-state index contributed by atoms with van der Waals surface area (Å²) >= 11 is 3.17. The lowest BCUT2D eigenvalue weighted by Gasteiger charge is -2.30. The Labute approximate surface area is 78.8 Å². The van der Waals surface area contributed by atoms with Gasteiger partial charge in [0.1, 0.15) is 12.2 Å². The Hall–Kier alpha value is -0.450.